The highest BCUT2D eigenvalue weighted by Gasteiger charge is 2.25. The van der Waals surface area contributed by atoms with Crippen LogP contribution in [0.25, 0.3) is 0 Å². The van der Waals surface area contributed by atoms with Gasteiger partial charge in [-0.15, -0.1) is 0 Å². The Kier molecular flexibility index (Phi) is 4.27. The maximum atomic E-state index is 12.4. The molecule has 1 atom stereocenters. The van der Waals surface area contributed by atoms with Gasteiger partial charge in [-0.3, -0.25) is 9.78 Å². The van der Waals surface area contributed by atoms with Gasteiger partial charge in [0.2, 0.25) is 5.91 Å². The van der Waals surface area contributed by atoms with E-state index in [1.165, 1.54) is 6.20 Å². The van der Waals surface area contributed by atoms with Crippen LogP contribution in [0, 0.1) is 0 Å². The van der Waals surface area contributed by atoms with Crippen LogP contribution >= 0.6 is 0 Å². The number of aromatic nitrogens is 3. The average molecular weight is 298 g/mol. The molecule has 1 saturated heterocycles. The van der Waals surface area contributed by atoms with Crippen molar-refractivity contribution in [2.24, 2.45) is 0 Å². The minimum absolute atomic E-state index is 0.106. The third-order valence-corrected chi connectivity index (χ3v) is 3.99. The smallest absolute Gasteiger partial charge is 0.342 e. The molecule has 2 aromatic heterocycles. The van der Waals surface area contributed by atoms with E-state index in [0.717, 1.165) is 30.6 Å². The van der Waals surface area contributed by atoms with Gasteiger partial charge in [0.05, 0.1) is 6.42 Å². The molecule has 0 radical (unpaired) electrons. The molecular formula is C16H18N4O2. The molecule has 0 spiro atoms. The van der Waals surface area contributed by atoms with Crippen LogP contribution in [0.2, 0.25) is 0 Å². The molecule has 1 aliphatic rings. The first-order valence-corrected chi connectivity index (χ1v) is 7.44. The average Bonchev–Trinajstić information content (AvgIpc) is 2.56. The highest BCUT2D eigenvalue weighted by atomic mass is 16.2. The van der Waals surface area contributed by atoms with Gasteiger partial charge in [-0.05, 0) is 30.5 Å². The summed E-state index contributed by atoms with van der Waals surface area (Å²) in [5, 5.41) is 0. The van der Waals surface area contributed by atoms with Gasteiger partial charge in [0.25, 0.3) is 0 Å². The largest absolute Gasteiger partial charge is 0.345 e. The van der Waals surface area contributed by atoms with Gasteiger partial charge in [-0.1, -0.05) is 6.07 Å². The van der Waals surface area contributed by atoms with Crippen molar-refractivity contribution in [1.29, 1.82) is 0 Å². The maximum Gasteiger partial charge on any atom is 0.345 e. The Morgan fingerprint density at radius 2 is 2.27 bits per heavy atom. The van der Waals surface area contributed by atoms with Crippen molar-refractivity contribution in [1.82, 2.24) is 19.9 Å². The zero-order valence-electron chi connectivity index (χ0n) is 12.2. The fraction of sp³-hybridized carbons (Fsp3) is 0.375. The summed E-state index contributed by atoms with van der Waals surface area (Å²) < 4.78 is 0. The quantitative estimate of drug-likeness (QED) is 0.920. The number of amides is 1. The van der Waals surface area contributed by atoms with Crippen molar-refractivity contribution in [3.63, 3.8) is 0 Å². The van der Waals surface area contributed by atoms with E-state index in [0.29, 0.717) is 13.0 Å². The molecule has 1 fully saturated rings. The molecule has 1 aliphatic heterocycles. The molecule has 1 unspecified atom stereocenters. The van der Waals surface area contributed by atoms with Crippen LogP contribution in [0.3, 0.4) is 0 Å². The number of piperidine rings is 1. The molecule has 2 aromatic rings. The zero-order valence-corrected chi connectivity index (χ0v) is 12.2. The second-order valence-corrected chi connectivity index (χ2v) is 5.55. The summed E-state index contributed by atoms with van der Waals surface area (Å²) in [6, 6.07) is 5.57. The lowest BCUT2D eigenvalue weighted by Gasteiger charge is -2.32. The number of likely N-dealkylation sites (tertiary alicyclic amines) is 1. The van der Waals surface area contributed by atoms with Gasteiger partial charge in [-0.2, -0.15) is 0 Å². The number of hydrogen-bond donors (Lipinski definition) is 1. The molecule has 0 saturated carbocycles. The Morgan fingerprint density at radius 3 is 3.05 bits per heavy atom. The third-order valence-electron chi connectivity index (χ3n) is 3.99. The van der Waals surface area contributed by atoms with E-state index in [2.05, 4.69) is 15.0 Å². The van der Waals surface area contributed by atoms with Crippen LogP contribution in [0.1, 0.15) is 30.0 Å². The minimum atomic E-state index is -0.337. The monoisotopic (exact) mass is 298 g/mol. The van der Waals surface area contributed by atoms with Crippen LogP contribution < -0.4 is 5.69 Å². The number of nitrogens with zero attached hydrogens (tertiary/aromatic N) is 3. The molecule has 1 N–H and O–H groups in total. The number of H-pyrrole nitrogens is 1. The molecule has 6 nitrogen and oxygen atoms in total. The molecule has 0 aliphatic carbocycles. The standard InChI is InChI=1S/C16H18N4O2/c21-15(9-12-3-1-6-17-10-12)20-8-2-4-13(11-20)14-5-7-18-16(22)19-14/h1,3,5-7,10,13H,2,4,8-9,11H2,(H,18,19,22). The van der Waals surface area contributed by atoms with E-state index in [-0.39, 0.29) is 17.5 Å². The molecule has 0 aromatic carbocycles. The van der Waals surface area contributed by atoms with Gasteiger partial charge in [0, 0.05) is 43.3 Å². The summed E-state index contributed by atoms with van der Waals surface area (Å²) in [5.41, 5.74) is 1.45. The molecule has 22 heavy (non-hydrogen) atoms. The number of carbonyl (C=O) groups excluding carboxylic acids is 1. The normalized spacial score (nSPS) is 18.2. The van der Waals surface area contributed by atoms with Gasteiger partial charge < -0.3 is 9.88 Å². The zero-order chi connectivity index (χ0) is 15.4. The molecular weight excluding hydrogens is 280 g/mol. The summed E-state index contributed by atoms with van der Waals surface area (Å²) in [5.74, 6) is 0.274. The molecule has 114 valence electrons. The fourth-order valence-corrected chi connectivity index (χ4v) is 2.87. The number of nitrogens with one attached hydrogen (secondary N) is 1. The first kappa shape index (κ1) is 14.4. The topological polar surface area (TPSA) is 79.0 Å². The van der Waals surface area contributed by atoms with Crippen molar-refractivity contribution in [2.75, 3.05) is 13.1 Å². The second kappa shape index (κ2) is 6.51. The minimum Gasteiger partial charge on any atom is -0.342 e. The summed E-state index contributed by atoms with van der Waals surface area (Å²) in [6.45, 7) is 1.41. The van der Waals surface area contributed by atoms with E-state index in [1.54, 1.807) is 12.4 Å². The van der Waals surface area contributed by atoms with E-state index < -0.39 is 0 Å². The van der Waals surface area contributed by atoms with Crippen molar-refractivity contribution in [3.8, 4) is 0 Å². The maximum absolute atomic E-state index is 12.4. The number of carbonyl (C=O) groups is 1. The summed E-state index contributed by atoms with van der Waals surface area (Å²) in [7, 11) is 0. The molecule has 3 heterocycles. The van der Waals surface area contributed by atoms with Crippen LogP contribution in [0.4, 0.5) is 0 Å². The first-order chi connectivity index (χ1) is 10.7. The number of aromatic amines is 1. The lowest BCUT2D eigenvalue weighted by molar-refractivity contribution is -0.131. The third kappa shape index (κ3) is 3.39. The van der Waals surface area contributed by atoms with Crippen LogP contribution in [0.5, 0.6) is 0 Å². The summed E-state index contributed by atoms with van der Waals surface area (Å²) in [4.78, 5) is 36.1. The Balaban J connectivity index is 1.67. The molecule has 1 amide bonds. The lowest BCUT2D eigenvalue weighted by Crippen LogP contribution is -2.40. The van der Waals surface area contributed by atoms with Crippen LogP contribution in [-0.2, 0) is 11.2 Å². The van der Waals surface area contributed by atoms with Gasteiger partial charge in [0.1, 0.15) is 0 Å². The lowest BCUT2D eigenvalue weighted by atomic mass is 9.94. The van der Waals surface area contributed by atoms with Crippen molar-refractivity contribution >= 4 is 5.91 Å². The van der Waals surface area contributed by atoms with E-state index in [9.17, 15) is 9.59 Å². The second-order valence-electron chi connectivity index (χ2n) is 5.55. The van der Waals surface area contributed by atoms with Gasteiger partial charge >= 0.3 is 5.69 Å². The van der Waals surface area contributed by atoms with Crippen LogP contribution in [-0.4, -0.2) is 38.8 Å². The highest BCUT2D eigenvalue weighted by Crippen LogP contribution is 2.25. The number of rotatable bonds is 3. The predicted octanol–water partition coefficient (Wildman–Crippen LogP) is 1.11. The fourth-order valence-electron chi connectivity index (χ4n) is 2.87. The summed E-state index contributed by atoms with van der Waals surface area (Å²) >= 11 is 0. The van der Waals surface area contributed by atoms with Crippen molar-refractivity contribution in [3.05, 3.63) is 58.5 Å². The van der Waals surface area contributed by atoms with Crippen molar-refractivity contribution < 1.29 is 4.79 Å². The van der Waals surface area contributed by atoms with Crippen molar-refractivity contribution in [2.45, 2.75) is 25.2 Å². The Morgan fingerprint density at radius 1 is 1.36 bits per heavy atom. The van der Waals surface area contributed by atoms with Gasteiger partial charge in [0.15, 0.2) is 0 Å². The molecule has 3 rings (SSSR count). The SMILES string of the molecule is O=C(Cc1cccnc1)N1CCCC(c2ccnc(=O)[nH]2)C1. The molecule has 0 bridgehead atoms. The highest BCUT2D eigenvalue weighted by molar-refractivity contribution is 5.78. The number of pyridine rings is 1. The van der Waals surface area contributed by atoms with E-state index in [1.807, 2.05) is 23.1 Å². The summed E-state index contributed by atoms with van der Waals surface area (Å²) in [6.07, 6.45) is 7.22. The Labute approximate surface area is 128 Å². The van der Waals surface area contributed by atoms with Crippen LogP contribution in [0.15, 0.2) is 41.6 Å². The number of hydrogen-bond acceptors (Lipinski definition) is 4. The van der Waals surface area contributed by atoms with Gasteiger partial charge in [-0.25, -0.2) is 9.78 Å². The first-order valence-electron chi connectivity index (χ1n) is 7.44. The Bertz CT molecular complexity index is 699. The van der Waals surface area contributed by atoms with E-state index in [4.69, 9.17) is 0 Å². The van der Waals surface area contributed by atoms with E-state index >= 15 is 0 Å². The molecule has 6 heteroatoms. The predicted molar refractivity (Wildman–Crippen MR) is 81.4 cm³/mol. The Hall–Kier alpha value is -2.50.